The number of hydrogen-bond donors (Lipinski definition) is 2. The zero-order chi connectivity index (χ0) is 15.1. The molecule has 104 valence electrons. The average molecular weight is 320 g/mol. The fraction of sp³-hybridized carbons (Fsp3) is 0. The van der Waals surface area contributed by atoms with Crippen LogP contribution in [0.4, 0.5) is 0 Å². The number of carboxylic acid groups (broad SMARTS) is 2. The van der Waals surface area contributed by atoms with Gasteiger partial charge in [-0.1, -0.05) is 47.9 Å². The quantitative estimate of drug-likeness (QED) is 0.534. The number of aromatic carboxylic acids is 2. The Bertz CT molecular complexity index is 575. The van der Waals surface area contributed by atoms with Crippen LogP contribution < -0.4 is 69.3 Å². The molecule has 0 bridgehead atoms. The van der Waals surface area contributed by atoms with E-state index in [1.807, 2.05) is 0 Å². The molecular formula is C14H10Na2O6. The number of benzene rings is 2. The van der Waals surface area contributed by atoms with Gasteiger partial charge in [0.05, 0.1) is 11.1 Å². The van der Waals surface area contributed by atoms with E-state index in [-0.39, 0.29) is 70.2 Å². The Hall–Kier alpha value is -1.02. The molecule has 0 saturated heterocycles. The van der Waals surface area contributed by atoms with Gasteiger partial charge in [0.1, 0.15) is 0 Å². The molecule has 0 spiro atoms. The number of rotatable bonds is 2. The van der Waals surface area contributed by atoms with Crippen molar-refractivity contribution in [1.82, 2.24) is 0 Å². The Balaban J connectivity index is 0. The van der Waals surface area contributed by atoms with Crippen molar-refractivity contribution in [2.75, 3.05) is 0 Å². The van der Waals surface area contributed by atoms with Gasteiger partial charge in [-0.25, -0.2) is 9.59 Å². The first-order chi connectivity index (χ1) is 9.43. The maximum absolute atomic E-state index is 10.7. The summed E-state index contributed by atoms with van der Waals surface area (Å²) < 4.78 is 0. The molecule has 0 heterocycles. The molecule has 0 fully saturated rings. The van der Waals surface area contributed by atoms with Crippen LogP contribution in [-0.4, -0.2) is 22.2 Å². The fourth-order valence-electron chi connectivity index (χ4n) is 1.29. The summed E-state index contributed by atoms with van der Waals surface area (Å²) in [5.74, 6) is -3.25. The van der Waals surface area contributed by atoms with Crippen molar-refractivity contribution < 1.29 is 89.1 Å². The van der Waals surface area contributed by atoms with Crippen LogP contribution in [-0.2, 0) is 0 Å². The van der Waals surface area contributed by atoms with Crippen LogP contribution in [0.15, 0.2) is 48.5 Å². The molecule has 2 N–H and O–H groups in total. The SMILES string of the molecule is O=C(O)c1ccccc1[O-].O=C(O)c1ccccc1[O-].[Na+].[Na+]. The minimum atomic E-state index is -1.18. The fourth-order valence-corrected chi connectivity index (χ4v) is 1.29. The molecule has 0 aromatic heterocycles. The van der Waals surface area contributed by atoms with E-state index in [1.54, 1.807) is 0 Å². The normalized spacial score (nSPS) is 8.36. The second kappa shape index (κ2) is 11.5. The van der Waals surface area contributed by atoms with Crippen LogP contribution in [0.3, 0.4) is 0 Å². The van der Waals surface area contributed by atoms with E-state index in [0.717, 1.165) is 0 Å². The largest absolute Gasteiger partial charge is 1.00 e. The third-order valence-electron chi connectivity index (χ3n) is 2.23. The standard InChI is InChI=1S/2C7H6O3.2Na/c2*8-6-4-2-1-3-5(6)7(9)10;;/h2*1-4,8H,(H,9,10);;/q;;2*+1/p-2. The minimum Gasteiger partial charge on any atom is -0.872 e. The summed E-state index contributed by atoms with van der Waals surface area (Å²) in [7, 11) is 0. The van der Waals surface area contributed by atoms with Gasteiger partial charge in [0.2, 0.25) is 0 Å². The van der Waals surface area contributed by atoms with Gasteiger partial charge in [0, 0.05) is 0 Å². The van der Waals surface area contributed by atoms with Gasteiger partial charge in [-0.15, -0.1) is 0 Å². The molecular weight excluding hydrogens is 310 g/mol. The Labute approximate surface area is 171 Å². The van der Waals surface area contributed by atoms with E-state index in [4.69, 9.17) is 10.2 Å². The van der Waals surface area contributed by atoms with E-state index < -0.39 is 23.4 Å². The zero-order valence-corrected chi connectivity index (χ0v) is 16.1. The second-order valence-electron chi connectivity index (χ2n) is 3.60. The molecule has 2 aromatic carbocycles. The molecule has 0 atom stereocenters. The van der Waals surface area contributed by atoms with Crippen LogP contribution >= 0.6 is 0 Å². The molecule has 22 heavy (non-hydrogen) atoms. The van der Waals surface area contributed by atoms with Gasteiger partial charge in [0.15, 0.2) is 0 Å². The van der Waals surface area contributed by atoms with Gasteiger partial charge < -0.3 is 20.4 Å². The third-order valence-corrected chi connectivity index (χ3v) is 2.23. The topological polar surface area (TPSA) is 121 Å². The van der Waals surface area contributed by atoms with Gasteiger partial charge >= 0.3 is 71.1 Å². The molecule has 0 aliphatic rings. The predicted octanol–water partition coefficient (Wildman–Crippen LogP) is -5.08. The number of carbonyl (C=O) groups is 2. The van der Waals surface area contributed by atoms with Crippen LogP contribution in [0.1, 0.15) is 20.7 Å². The summed E-state index contributed by atoms with van der Waals surface area (Å²) in [6.07, 6.45) is 0. The zero-order valence-electron chi connectivity index (χ0n) is 12.1. The molecule has 0 aliphatic carbocycles. The van der Waals surface area contributed by atoms with E-state index in [9.17, 15) is 19.8 Å². The smallest absolute Gasteiger partial charge is 0.872 e. The van der Waals surface area contributed by atoms with Crippen LogP contribution in [0.5, 0.6) is 11.5 Å². The summed E-state index contributed by atoms with van der Waals surface area (Å²) >= 11 is 0. The van der Waals surface area contributed by atoms with E-state index in [2.05, 4.69) is 0 Å². The Morgan fingerprint density at radius 2 is 0.955 bits per heavy atom. The van der Waals surface area contributed by atoms with Crippen molar-refractivity contribution in [3.8, 4) is 11.5 Å². The number of carboxylic acids is 2. The maximum atomic E-state index is 10.7. The van der Waals surface area contributed by atoms with Gasteiger partial charge in [-0.2, -0.15) is 0 Å². The molecule has 2 rings (SSSR count). The maximum Gasteiger partial charge on any atom is 1.00 e. The summed E-state index contributed by atoms with van der Waals surface area (Å²) in [4.78, 5) is 20.4. The molecule has 0 aliphatic heterocycles. The first-order valence-electron chi connectivity index (χ1n) is 5.42. The first-order valence-corrected chi connectivity index (χ1v) is 5.42. The summed E-state index contributed by atoms with van der Waals surface area (Å²) in [6.45, 7) is 0. The molecule has 0 amide bonds. The third kappa shape index (κ3) is 7.31. The first kappa shape index (κ1) is 23.2. The summed E-state index contributed by atoms with van der Waals surface area (Å²) in [6, 6.07) is 11.1. The Kier molecular flexibility index (Phi) is 12.2. The number of para-hydroxylation sites is 2. The molecule has 0 saturated carbocycles. The van der Waals surface area contributed by atoms with Crippen molar-refractivity contribution >= 4 is 11.9 Å². The number of hydrogen-bond acceptors (Lipinski definition) is 4. The summed E-state index contributed by atoms with van der Waals surface area (Å²) in [5, 5.41) is 38.1. The predicted molar refractivity (Wildman–Crippen MR) is 65.7 cm³/mol. The second-order valence-corrected chi connectivity index (χ2v) is 3.60. The van der Waals surface area contributed by atoms with Crippen LogP contribution in [0.25, 0.3) is 0 Å². The van der Waals surface area contributed by atoms with Gasteiger partial charge in [-0.3, -0.25) is 0 Å². The van der Waals surface area contributed by atoms with Crippen molar-refractivity contribution in [2.45, 2.75) is 0 Å². The van der Waals surface area contributed by atoms with Crippen molar-refractivity contribution in [3.63, 3.8) is 0 Å². The van der Waals surface area contributed by atoms with Crippen molar-refractivity contribution in [3.05, 3.63) is 59.7 Å². The monoisotopic (exact) mass is 320 g/mol. The van der Waals surface area contributed by atoms with Crippen molar-refractivity contribution in [1.29, 1.82) is 0 Å². The molecule has 6 nitrogen and oxygen atoms in total. The Morgan fingerprint density at radius 1 is 0.682 bits per heavy atom. The van der Waals surface area contributed by atoms with E-state index in [1.165, 1.54) is 48.5 Å². The van der Waals surface area contributed by atoms with Gasteiger partial charge in [0.25, 0.3) is 0 Å². The molecule has 8 heteroatoms. The molecule has 0 unspecified atom stereocenters. The summed E-state index contributed by atoms with van der Waals surface area (Å²) in [5.41, 5.74) is -0.356. The van der Waals surface area contributed by atoms with Crippen molar-refractivity contribution in [2.24, 2.45) is 0 Å². The van der Waals surface area contributed by atoms with Crippen LogP contribution in [0.2, 0.25) is 0 Å². The van der Waals surface area contributed by atoms with E-state index >= 15 is 0 Å². The minimum absolute atomic E-state index is 0. The Morgan fingerprint density at radius 3 is 1.14 bits per heavy atom. The molecule has 2 aromatic rings. The van der Waals surface area contributed by atoms with E-state index in [0.29, 0.717) is 0 Å². The van der Waals surface area contributed by atoms with Crippen LogP contribution in [0, 0.1) is 0 Å². The average Bonchev–Trinajstić information content (AvgIpc) is 2.40. The molecule has 0 radical (unpaired) electrons. The van der Waals surface area contributed by atoms with Gasteiger partial charge in [-0.05, 0) is 12.1 Å².